The van der Waals surface area contributed by atoms with Crippen molar-refractivity contribution >= 4 is 17.9 Å². The van der Waals surface area contributed by atoms with Gasteiger partial charge in [0.15, 0.2) is 0 Å². The number of carboxylic acids is 1. The molecule has 0 spiro atoms. The molecule has 4 rings (SSSR count). The molecule has 0 aromatic rings. The van der Waals surface area contributed by atoms with Crippen LogP contribution in [-0.2, 0) is 23.9 Å². The van der Waals surface area contributed by atoms with E-state index in [1.54, 1.807) is 13.8 Å². The van der Waals surface area contributed by atoms with Gasteiger partial charge in [0.25, 0.3) is 0 Å². The number of carbonyl (C=O) groups excluding carboxylic acids is 2. The van der Waals surface area contributed by atoms with E-state index in [1.165, 1.54) is 26.2 Å². The van der Waals surface area contributed by atoms with Gasteiger partial charge in [-0.15, -0.1) is 0 Å². The lowest BCUT2D eigenvalue weighted by atomic mass is 9.54. The van der Waals surface area contributed by atoms with Gasteiger partial charge >= 0.3 is 17.9 Å². The standard InChI is InChI=1S/C14H20O2.C8H14O2.C4H6O2/c1-9(2)13(15)16-14-6-10-3-11(7-14)5-12(4-10)8-14;1-6(2)7(9)10-8(3,4)5;1-3(2)4(5)6/h10-12H,1,3-8H2,2H3;1H2,2-5H3;1H2,2H3,(H,5,6). The quantitative estimate of drug-likeness (QED) is 0.443. The van der Waals surface area contributed by atoms with Crippen molar-refractivity contribution in [3.63, 3.8) is 0 Å². The van der Waals surface area contributed by atoms with E-state index in [1.807, 2.05) is 20.8 Å². The van der Waals surface area contributed by atoms with Gasteiger partial charge in [-0.3, -0.25) is 0 Å². The average molecular weight is 449 g/mol. The molecule has 6 heteroatoms. The van der Waals surface area contributed by atoms with Crippen LogP contribution in [0.5, 0.6) is 0 Å². The molecule has 0 aliphatic heterocycles. The van der Waals surface area contributed by atoms with Gasteiger partial charge < -0.3 is 14.6 Å². The molecule has 180 valence electrons. The largest absolute Gasteiger partial charge is 0.478 e. The monoisotopic (exact) mass is 448 g/mol. The zero-order valence-electron chi connectivity index (χ0n) is 20.6. The topological polar surface area (TPSA) is 89.9 Å². The van der Waals surface area contributed by atoms with Crippen molar-refractivity contribution in [1.29, 1.82) is 0 Å². The number of carbonyl (C=O) groups is 3. The van der Waals surface area contributed by atoms with E-state index in [2.05, 4.69) is 19.7 Å². The number of ether oxygens (including phenoxy) is 2. The van der Waals surface area contributed by atoms with Crippen molar-refractivity contribution in [2.45, 2.75) is 91.3 Å². The molecule has 4 aliphatic rings. The predicted octanol–water partition coefficient (Wildman–Crippen LogP) is 5.63. The molecule has 4 saturated carbocycles. The van der Waals surface area contributed by atoms with Crippen LogP contribution in [0, 0.1) is 17.8 Å². The number of esters is 2. The van der Waals surface area contributed by atoms with Gasteiger partial charge in [-0.25, -0.2) is 14.4 Å². The highest BCUT2D eigenvalue weighted by Crippen LogP contribution is 2.57. The first-order chi connectivity index (χ1) is 14.5. The zero-order valence-corrected chi connectivity index (χ0v) is 20.6. The number of hydrogen-bond acceptors (Lipinski definition) is 5. The third kappa shape index (κ3) is 9.01. The lowest BCUT2D eigenvalue weighted by molar-refractivity contribution is -0.182. The predicted molar refractivity (Wildman–Crippen MR) is 125 cm³/mol. The maximum absolute atomic E-state index is 11.7. The van der Waals surface area contributed by atoms with Gasteiger partial charge in [0.05, 0.1) is 0 Å². The number of carboxylic acid groups (broad SMARTS) is 1. The van der Waals surface area contributed by atoms with Crippen molar-refractivity contribution in [3.05, 3.63) is 36.5 Å². The minimum atomic E-state index is -0.935. The average Bonchev–Trinajstić information content (AvgIpc) is 2.59. The summed E-state index contributed by atoms with van der Waals surface area (Å²) in [4.78, 5) is 32.1. The fourth-order valence-electron chi connectivity index (χ4n) is 4.81. The van der Waals surface area contributed by atoms with E-state index in [0.29, 0.717) is 11.1 Å². The summed E-state index contributed by atoms with van der Waals surface area (Å²) in [6.45, 7) is 20.6. The van der Waals surface area contributed by atoms with Crippen LogP contribution in [-0.4, -0.2) is 34.2 Å². The van der Waals surface area contributed by atoms with E-state index >= 15 is 0 Å². The molecule has 1 N–H and O–H groups in total. The Kier molecular flexibility index (Phi) is 9.49. The molecule has 0 amide bonds. The maximum atomic E-state index is 11.7. The van der Waals surface area contributed by atoms with Gasteiger partial charge in [0.1, 0.15) is 11.2 Å². The number of aliphatic carboxylic acids is 1. The van der Waals surface area contributed by atoms with Crippen LogP contribution in [0.2, 0.25) is 0 Å². The minimum Gasteiger partial charge on any atom is -0.478 e. The number of hydrogen-bond donors (Lipinski definition) is 1. The summed E-state index contributed by atoms with van der Waals surface area (Å²) in [5.74, 6) is 1.03. The summed E-state index contributed by atoms with van der Waals surface area (Å²) in [6.07, 6.45) is 7.46. The molecule has 6 nitrogen and oxygen atoms in total. The van der Waals surface area contributed by atoms with Crippen LogP contribution in [0.15, 0.2) is 36.5 Å². The van der Waals surface area contributed by atoms with E-state index in [-0.39, 0.29) is 23.1 Å². The second-order valence-electron chi connectivity index (χ2n) is 10.6. The molecule has 0 aromatic carbocycles. The Labute approximate surface area is 192 Å². The highest BCUT2D eigenvalue weighted by Gasteiger charge is 2.53. The normalized spacial score (nSPS) is 27.0. The fraction of sp³-hybridized carbons (Fsp3) is 0.654. The fourth-order valence-corrected chi connectivity index (χ4v) is 4.81. The second kappa shape index (κ2) is 11.0. The maximum Gasteiger partial charge on any atom is 0.333 e. The lowest BCUT2D eigenvalue weighted by Gasteiger charge is -2.55. The van der Waals surface area contributed by atoms with Gasteiger partial charge in [-0.05, 0) is 97.8 Å². The molecule has 32 heavy (non-hydrogen) atoms. The van der Waals surface area contributed by atoms with E-state index in [0.717, 1.165) is 37.0 Å². The summed E-state index contributed by atoms with van der Waals surface area (Å²) < 4.78 is 10.7. The zero-order chi connectivity index (χ0) is 24.9. The Morgan fingerprint density at radius 3 is 1.34 bits per heavy atom. The van der Waals surface area contributed by atoms with E-state index in [4.69, 9.17) is 14.6 Å². The smallest absolute Gasteiger partial charge is 0.333 e. The first-order valence-electron chi connectivity index (χ1n) is 11.2. The molecular formula is C26H40O6. The first-order valence-corrected chi connectivity index (χ1v) is 11.2. The van der Waals surface area contributed by atoms with Gasteiger partial charge in [0.2, 0.25) is 0 Å². The summed E-state index contributed by atoms with van der Waals surface area (Å²) in [5.41, 5.74) is 0.640. The SMILES string of the molecule is C=C(C)C(=O)O.C=C(C)C(=O)OC(C)(C)C.C=C(C)C(=O)OC12CC3CC(CC(C3)C1)C2. The van der Waals surface area contributed by atoms with Crippen molar-refractivity contribution in [2.24, 2.45) is 17.8 Å². The van der Waals surface area contributed by atoms with Crippen LogP contribution in [0.3, 0.4) is 0 Å². The summed E-state index contributed by atoms with van der Waals surface area (Å²) in [5, 5.41) is 7.89. The molecular weight excluding hydrogens is 408 g/mol. The third-order valence-electron chi connectivity index (χ3n) is 5.75. The van der Waals surface area contributed by atoms with Gasteiger partial charge in [-0.1, -0.05) is 19.7 Å². The van der Waals surface area contributed by atoms with Crippen LogP contribution in [0.25, 0.3) is 0 Å². The number of rotatable bonds is 4. The minimum absolute atomic E-state index is 0.106. The van der Waals surface area contributed by atoms with Crippen molar-refractivity contribution in [3.8, 4) is 0 Å². The Morgan fingerprint density at radius 2 is 1.12 bits per heavy atom. The Morgan fingerprint density at radius 1 is 0.781 bits per heavy atom. The van der Waals surface area contributed by atoms with Crippen LogP contribution < -0.4 is 0 Å². The summed E-state index contributed by atoms with van der Waals surface area (Å²) in [6, 6.07) is 0. The van der Waals surface area contributed by atoms with Crippen molar-refractivity contribution < 1.29 is 29.0 Å². The van der Waals surface area contributed by atoms with Crippen LogP contribution >= 0.6 is 0 Å². The lowest BCUT2D eigenvalue weighted by Crippen LogP contribution is -2.52. The highest BCUT2D eigenvalue weighted by atomic mass is 16.6. The molecule has 4 fully saturated rings. The Balaban J connectivity index is 0.000000276. The molecule has 0 aromatic heterocycles. The molecule has 4 bridgehead atoms. The molecule has 0 heterocycles. The summed E-state index contributed by atoms with van der Waals surface area (Å²) >= 11 is 0. The first kappa shape index (κ1) is 27.7. The van der Waals surface area contributed by atoms with Gasteiger partial charge in [-0.2, -0.15) is 0 Å². The molecule has 0 saturated heterocycles. The van der Waals surface area contributed by atoms with E-state index < -0.39 is 11.6 Å². The van der Waals surface area contributed by atoms with E-state index in [9.17, 15) is 14.4 Å². The van der Waals surface area contributed by atoms with Crippen molar-refractivity contribution in [1.82, 2.24) is 0 Å². The summed E-state index contributed by atoms with van der Waals surface area (Å²) in [7, 11) is 0. The Hall–Kier alpha value is -2.37. The van der Waals surface area contributed by atoms with Crippen molar-refractivity contribution in [2.75, 3.05) is 0 Å². The molecule has 0 atom stereocenters. The van der Waals surface area contributed by atoms with Crippen LogP contribution in [0.1, 0.15) is 80.1 Å². The molecule has 4 aliphatic carbocycles. The Bertz CT molecular complexity index is 720. The third-order valence-corrected chi connectivity index (χ3v) is 5.75. The molecule has 0 radical (unpaired) electrons. The van der Waals surface area contributed by atoms with Crippen LogP contribution in [0.4, 0.5) is 0 Å². The second-order valence-corrected chi connectivity index (χ2v) is 10.6. The molecule has 0 unspecified atom stereocenters. The van der Waals surface area contributed by atoms with Gasteiger partial charge in [0, 0.05) is 16.7 Å². The highest BCUT2D eigenvalue weighted by molar-refractivity contribution is 5.87.